The van der Waals surface area contributed by atoms with E-state index in [2.05, 4.69) is 20.8 Å². The molecule has 7 heteroatoms. The second-order valence-electron chi connectivity index (χ2n) is 3.62. The van der Waals surface area contributed by atoms with E-state index < -0.39 is 11.6 Å². The molecule has 0 aliphatic carbocycles. The van der Waals surface area contributed by atoms with Gasteiger partial charge in [-0.2, -0.15) is 0 Å². The Labute approximate surface area is 102 Å². The Morgan fingerprint density at radius 2 is 2.06 bits per heavy atom. The third kappa shape index (κ3) is 3.01. The van der Waals surface area contributed by atoms with Crippen LogP contribution in [0.3, 0.4) is 0 Å². The molecule has 5 nitrogen and oxygen atoms in total. The maximum Gasteiger partial charge on any atom is 0.315 e. The van der Waals surface area contributed by atoms with Crippen LogP contribution in [0.2, 0.25) is 0 Å². The first kappa shape index (κ1) is 12.4. The molecule has 0 aliphatic heterocycles. The number of nitrogens with zero attached hydrogens (tertiary/aromatic N) is 2. The number of hydrogen-bond acceptors (Lipinski definition) is 5. The van der Waals surface area contributed by atoms with Gasteiger partial charge in [0.15, 0.2) is 0 Å². The van der Waals surface area contributed by atoms with Crippen molar-refractivity contribution in [2.24, 2.45) is 0 Å². The summed E-state index contributed by atoms with van der Waals surface area (Å²) in [4.78, 5) is 0. The van der Waals surface area contributed by atoms with Crippen LogP contribution in [-0.4, -0.2) is 17.2 Å². The van der Waals surface area contributed by atoms with Gasteiger partial charge in [-0.3, -0.25) is 0 Å². The summed E-state index contributed by atoms with van der Waals surface area (Å²) in [7, 11) is 1.76. The lowest BCUT2D eigenvalue weighted by Gasteiger charge is -2.03. The van der Waals surface area contributed by atoms with Crippen LogP contribution >= 0.6 is 0 Å². The molecular weight excluding hydrogens is 242 g/mol. The number of benzene rings is 1. The summed E-state index contributed by atoms with van der Waals surface area (Å²) < 4.78 is 31.2. The highest BCUT2D eigenvalue weighted by Crippen LogP contribution is 2.12. The van der Waals surface area contributed by atoms with E-state index in [1.165, 1.54) is 12.1 Å². The molecule has 2 rings (SSSR count). The van der Waals surface area contributed by atoms with Gasteiger partial charge in [0.2, 0.25) is 5.89 Å². The molecule has 2 aromatic rings. The van der Waals surface area contributed by atoms with Gasteiger partial charge in [0, 0.05) is 18.2 Å². The van der Waals surface area contributed by atoms with Crippen LogP contribution in [0.1, 0.15) is 11.5 Å². The lowest BCUT2D eigenvalue weighted by Crippen LogP contribution is -2.05. The van der Waals surface area contributed by atoms with E-state index in [0.717, 1.165) is 6.07 Å². The van der Waals surface area contributed by atoms with Gasteiger partial charge in [0.05, 0.1) is 6.54 Å². The Morgan fingerprint density at radius 3 is 2.78 bits per heavy atom. The number of rotatable bonds is 5. The number of halogens is 2. The molecule has 0 aliphatic rings. The summed E-state index contributed by atoms with van der Waals surface area (Å²) in [5.74, 6) is -0.789. The molecule has 1 heterocycles. The Hall–Kier alpha value is -2.02. The Bertz CT molecular complexity index is 530. The van der Waals surface area contributed by atoms with Gasteiger partial charge in [0.1, 0.15) is 11.6 Å². The lowest BCUT2D eigenvalue weighted by atomic mass is 10.2. The largest absolute Gasteiger partial charge is 0.407 e. The molecule has 96 valence electrons. The van der Waals surface area contributed by atoms with Crippen LogP contribution < -0.4 is 10.6 Å². The van der Waals surface area contributed by atoms with E-state index >= 15 is 0 Å². The summed E-state index contributed by atoms with van der Waals surface area (Å²) in [6, 6.07) is 3.59. The molecule has 1 aromatic heterocycles. The van der Waals surface area contributed by atoms with Crippen molar-refractivity contribution in [1.82, 2.24) is 15.5 Å². The first-order valence-corrected chi connectivity index (χ1v) is 5.34. The van der Waals surface area contributed by atoms with Gasteiger partial charge in [-0.1, -0.05) is 11.2 Å². The SMILES string of the molecule is CNCc1nnc(NCc2ccc(F)cc2F)o1. The van der Waals surface area contributed by atoms with Gasteiger partial charge < -0.3 is 15.1 Å². The highest BCUT2D eigenvalue weighted by molar-refractivity contribution is 5.25. The van der Waals surface area contributed by atoms with Crippen LogP contribution in [0, 0.1) is 11.6 Å². The molecular formula is C11H12F2N4O. The first-order valence-electron chi connectivity index (χ1n) is 5.34. The van der Waals surface area contributed by atoms with Crippen molar-refractivity contribution in [2.45, 2.75) is 13.1 Å². The fourth-order valence-electron chi connectivity index (χ4n) is 1.38. The molecule has 0 bridgehead atoms. The third-order valence-corrected chi connectivity index (χ3v) is 2.24. The lowest BCUT2D eigenvalue weighted by molar-refractivity contribution is 0.489. The van der Waals surface area contributed by atoms with Crippen molar-refractivity contribution < 1.29 is 13.2 Å². The van der Waals surface area contributed by atoms with Crippen molar-refractivity contribution in [3.8, 4) is 0 Å². The van der Waals surface area contributed by atoms with E-state index in [-0.39, 0.29) is 12.6 Å². The Kier molecular flexibility index (Phi) is 3.83. The normalized spacial score (nSPS) is 10.6. The molecule has 0 amide bonds. The highest BCUT2D eigenvalue weighted by atomic mass is 19.1. The number of nitrogens with one attached hydrogen (secondary N) is 2. The standard InChI is InChI=1S/C11H12F2N4O/c1-14-6-10-16-17-11(18-10)15-5-7-2-3-8(12)4-9(7)13/h2-4,14H,5-6H2,1H3,(H,15,17). The van der Waals surface area contributed by atoms with Gasteiger partial charge >= 0.3 is 6.01 Å². The minimum atomic E-state index is -0.613. The minimum Gasteiger partial charge on any atom is -0.407 e. The maximum absolute atomic E-state index is 13.3. The third-order valence-electron chi connectivity index (χ3n) is 2.24. The molecule has 18 heavy (non-hydrogen) atoms. The maximum atomic E-state index is 13.3. The summed E-state index contributed by atoms with van der Waals surface area (Å²) in [6.07, 6.45) is 0. The number of aromatic nitrogens is 2. The molecule has 1 aromatic carbocycles. The monoisotopic (exact) mass is 254 g/mol. The molecule has 0 fully saturated rings. The van der Waals surface area contributed by atoms with Gasteiger partial charge in [-0.05, 0) is 13.1 Å². The van der Waals surface area contributed by atoms with E-state index in [0.29, 0.717) is 18.0 Å². The van der Waals surface area contributed by atoms with Crippen molar-refractivity contribution >= 4 is 6.01 Å². The second kappa shape index (κ2) is 5.54. The minimum absolute atomic E-state index is 0.146. The smallest absolute Gasteiger partial charge is 0.315 e. The van der Waals surface area contributed by atoms with E-state index in [1.54, 1.807) is 7.05 Å². The van der Waals surface area contributed by atoms with Crippen LogP contribution in [0.15, 0.2) is 22.6 Å². The van der Waals surface area contributed by atoms with Gasteiger partial charge in [-0.15, -0.1) is 5.10 Å². The van der Waals surface area contributed by atoms with E-state index in [9.17, 15) is 8.78 Å². The fourth-order valence-corrected chi connectivity index (χ4v) is 1.38. The Balaban J connectivity index is 1.97. The first-order chi connectivity index (χ1) is 8.69. The highest BCUT2D eigenvalue weighted by Gasteiger charge is 2.07. The average molecular weight is 254 g/mol. The number of hydrogen-bond donors (Lipinski definition) is 2. The van der Waals surface area contributed by atoms with E-state index in [4.69, 9.17) is 4.42 Å². The van der Waals surface area contributed by atoms with Crippen molar-refractivity contribution in [3.05, 3.63) is 41.3 Å². The molecule has 2 N–H and O–H groups in total. The van der Waals surface area contributed by atoms with Crippen molar-refractivity contribution in [1.29, 1.82) is 0 Å². The summed E-state index contributed by atoms with van der Waals surface area (Å²) in [6.45, 7) is 0.604. The topological polar surface area (TPSA) is 63.0 Å². The quantitative estimate of drug-likeness (QED) is 0.850. The predicted octanol–water partition coefficient (Wildman–Crippen LogP) is 1.68. The zero-order valence-electron chi connectivity index (χ0n) is 9.70. The molecule has 0 unspecified atom stereocenters. The van der Waals surface area contributed by atoms with Crippen LogP contribution in [0.25, 0.3) is 0 Å². The predicted molar refractivity (Wildman–Crippen MR) is 60.7 cm³/mol. The molecule has 0 saturated carbocycles. The zero-order valence-corrected chi connectivity index (χ0v) is 9.70. The van der Waals surface area contributed by atoms with Crippen molar-refractivity contribution in [2.75, 3.05) is 12.4 Å². The summed E-state index contributed by atoms with van der Waals surface area (Å²) >= 11 is 0. The summed E-state index contributed by atoms with van der Waals surface area (Å²) in [5.41, 5.74) is 0.324. The molecule has 0 radical (unpaired) electrons. The van der Waals surface area contributed by atoms with Crippen LogP contribution in [-0.2, 0) is 13.1 Å². The van der Waals surface area contributed by atoms with E-state index in [1.807, 2.05) is 0 Å². The second-order valence-corrected chi connectivity index (χ2v) is 3.62. The Morgan fingerprint density at radius 1 is 1.22 bits per heavy atom. The molecule has 0 atom stereocenters. The fraction of sp³-hybridized carbons (Fsp3) is 0.273. The zero-order chi connectivity index (χ0) is 13.0. The van der Waals surface area contributed by atoms with Gasteiger partial charge in [0.25, 0.3) is 0 Å². The molecule has 0 spiro atoms. The number of anilines is 1. The molecule has 0 saturated heterocycles. The van der Waals surface area contributed by atoms with Crippen LogP contribution in [0.4, 0.5) is 14.8 Å². The van der Waals surface area contributed by atoms with Gasteiger partial charge in [-0.25, -0.2) is 8.78 Å². The van der Waals surface area contributed by atoms with Crippen LogP contribution in [0.5, 0.6) is 0 Å². The average Bonchev–Trinajstić information content (AvgIpc) is 2.76. The summed E-state index contributed by atoms with van der Waals surface area (Å²) in [5, 5.41) is 13.1. The van der Waals surface area contributed by atoms with Crippen molar-refractivity contribution in [3.63, 3.8) is 0 Å².